The maximum atomic E-state index is 12.2. The van der Waals surface area contributed by atoms with Crippen LogP contribution >= 0.6 is 0 Å². The van der Waals surface area contributed by atoms with Crippen LogP contribution in [0, 0.1) is 23.2 Å². The van der Waals surface area contributed by atoms with Crippen LogP contribution in [-0.2, 0) is 19.0 Å². The average Bonchev–Trinajstić information content (AvgIpc) is 2.85. The first-order valence-electron chi connectivity index (χ1n) is 7.05. The van der Waals surface area contributed by atoms with Crippen LogP contribution in [0.4, 0.5) is 0 Å². The number of carbonyl (C=O) groups excluding carboxylic acids is 1. The fourth-order valence-electron chi connectivity index (χ4n) is 5.31. The summed E-state index contributed by atoms with van der Waals surface area (Å²) < 4.78 is 17.1. The predicted octanol–water partition coefficient (Wildman–Crippen LogP) is 1.73. The molecule has 4 heteroatoms. The van der Waals surface area contributed by atoms with E-state index in [0.717, 1.165) is 32.1 Å². The standard InChI is InChI=1S/C14H20O4/c1-16-12(15)13-6-9-4-10(7-13)14(11(5-9)8-13)17-2-3-18-14/h9-11H,2-8H2,1H3/t9?,10-,11-,13?/m0/s1. The third-order valence-corrected chi connectivity index (χ3v) is 5.68. The first-order chi connectivity index (χ1) is 8.68. The zero-order valence-electron chi connectivity index (χ0n) is 10.8. The van der Waals surface area contributed by atoms with Gasteiger partial charge in [-0.1, -0.05) is 0 Å². The van der Waals surface area contributed by atoms with Crippen molar-refractivity contribution in [2.24, 2.45) is 23.2 Å². The molecule has 18 heavy (non-hydrogen) atoms. The molecule has 0 N–H and O–H groups in total. The number of carbonyl (C=O) groups is 1. The van der Waals surface area contributed by atoms with Gasteiger partial charge in [0.25, 0.3) is 0 Å². The Bertz CT molecular complexity index is 367. The van der Waals surface area contributed by atoms with Gasteiger partial charge in [-0.25, -0.2) is 0 Å². The highest BCUT2D eigenvalue weighted by Crippen LogP contribution is 2.65. The summed E-state index contributed by atoms with van der Waals surface area (Å²) in [6.07, 6.45) is 5.13. The lowest BCUT2D eigenvalue weighted by Crippen LogP contribution is -2.63. The highest BCUT2D eigenvalue weighted by atomic mass is 16.7. The summed E-state index contributed by atoms with van der Waals surface area (Å²) in [6.45, 7) is 1.42. The Morgan fingerprint density at radius 2 is 1.72 bits per heavy atom. The molecule has 0 aromatic heterocycles. The van der Waals surface area contributed by atoms with Gasteiger partial charge in [0.05, 0.1) is 25.7 Å². The Kier molecular flexibility index (Phi) is 2.17. The molecule has 0 aromatic carbocycles. The number of hydrogen-bond acceptors (Lipinski definition) is 4. The fourth-order valence-corrected chi connectivity index (χ4v) is 5.31. The summed E-state index contributed by atoms with van der Waals surface area (Å²) in [5.74, 6) is 1.10. The van der Waals surface area contributed by atoms with Crippen molar-refractivity contribution in [1.29, 1.82) is 0 Å². The zero-order chi connectivity index (χ0) is 12.4. The van der Waals surface area contributed by atoms with E-state index in [4.69, 9.17) is 14.2 Å². The van der Waals surface area contributed by atoms with Crippen molar-refractivity contribution in [2.75, 3.05) is 20.3 Å². The number of rotatable bonds is 1. The van der Waals surface area contributed by atoms with E-state index in [1.54, 1.807) is 0 Å². The summed E-state index contributed by atoms with van der Waals surface area (Å²) in [4.78, 5) is 12.2. The molecule has 4 bridgehead atoms. The van der Waals surface area contributed by atoms with Crippen LogP contribution in [-0.4, -0.2) is 32.1 Å². The van der Waals surface area contributed by atoms with E-state index < -0.39 is 0 Å². The second kappa shape index (κ2) is 3.48. The monoisotopic (exact) mass is 252 g/mol. The molecule has 4 aliphatic carbocycles. The van der Waals surface area contributed by atoms with E-state index in [-0.39, 0.29) is 17.2 Å². The normalized spacial score (nSPS) is 47.7. The van der Waals surface area contributed by atoms with Crippen LogP contribution < -0.4 is 0 Å². The van der Waals surface area contributed by atoms with Crippen molar-refractivity contribution < 1.29 is 19.0 Å². The summed E-state index contributed by atoms with van der Waals surface area (Å²) in [6, 6.07) is 0. The van der Waals surface area contributed by atoms with E-state index in [1.165, 1.54) is 7.11 Å². The smallest absolute Gasteiger partial charge is 0.311 e. The predicted molar refractivity (Wildman–Crippen MR) is 62.6 cm³/mol. The molecule has 4 saturated carbocycles. The van der Waals surface area contributed by atoms with Crippen LogP contribution in [0.1, 0.15) is 32.1 Å². The van der Waals surface area contributed by atoms with Crippen LogP contribution in [0.25, 0.3) is 0 Å². The highest BCUT2D eigenvalue weighted by Gasteiger charge is 2.67. The van der Waals surface area contributed by atoms with Gasteiger partial charge in [-0.3, -0.25) is 4.79 Å². The number of esters is 1. The van der Waals surface area contributed by atoms with Gasteiger partial charge in [0, 0.05) is 11.8 Å². The second-order valence-electron chi connectivity index (χ2n) is 6.53. The molecular formula is C14H20O4. The Balaban J connectivity index is 1.71. The van der Waals surface area contributed by atoms with E-state index in [2.05, 4.69) is 0 Å². The lowest BCUT2D eigenvalue weighted by atomic mass is 9.47. The van der Waals surface area contributed by atoms with Crippen molar-refractivity contribution in [3.63, 3.8) is 0 Å². The molecule has 4 nitrogen and oxygen atoms in total. The summed E-state index contributed by atoms with van der Waals surface area (Å²) in [5.41, 5.74) is -0.230. The Morgan fingerprint density at radius 1 is 1.11 bits per heavy atom. The molecule has 0 unspecified atom stereocenters. The maximum absolute atomic E-state index is 12.2. The third kappa shape index (κ3) is 1.21. The summed E-state index contributed by atoms with van der Waals surface area (Å²) in [7, 11) is 1.51. The van der Waals surface area contributed by atoms with Crippen LogP contribution in [0.2, 0.25) is 0 Å². The minimum Gasteiger partial charge on any atom is -0.469 e. The van der Waals surface area contributed by atoms with E-state index >= 15 is 0 Å². The second-order valence-corrected chi connectivity index (χ2v) is 6.53. The largest absolute Gasteiger partial charge is 0.469 e. The first kappa shape index (κ1) is 11.2. The van der Waals surface area contributed by atoms with Gasteiger partial charge in [0.2, 0.25) is 0 Å². The summed E-state index contributed by atoms with van der Waals surface area (Å²) >= 11 is 0. The molecule has 2 atom stereocenters. The molecule has 1 saturated heterocycles. The lowest BCUT2D eigenvalue weighted by Gasteiger charge is -2.61. The topological polar surface area (TPSA) is 44.8 Å². The van der Waals surface area contributed by atoms with E-state index in [0.29, 0.717) is 31.0 Å². The molecule has 1 heterocycles. The molecular weight excluding hydrogens is 232 g/mol. The Morgan fingerprint density at radius 3 is 2.28 bits per heavy atom. The van der Waals surface area contributed by atoms with Crippen LogP contribution in [0.15, 0.2) is 0 Å². The van der Waals surface area contributed by atoms with Gasteiger partial charge in [-0.05, 0) is 38.0 Å². The van der Waals surface area contributed by atoms with Gasteiger partial charge in [0.15, 0.2) is 5.79 Å². The molecule has 0 aromatic rings. The molecule has 5 fully saturated rings. The molecule has 5 aliphatic rings. The minimum absolute atomic E-state index is 0.00486. The molecule has 1 aliphatic heterocycles. The Hall–Kier alpha value is -0.610. The number of methoxy groups -OCH3 is 1. The van der Waals surface area contributed by atoms with Crippen LogP contribution in [0.3, 0.4) is 0 Å². The van der Waals surface area contributed by atoms with Crippen molar-refractivity contribution in [3.8, 4) is 0 Å². The van der Waals surface area contributed by atoms with Crippen molar-refractivity contribution in [2.45, 2.75) is 37.9 Å². The third-order valence-electron chi connectivity index (χ3n) is 5.68. The zero-order valence-corrected chi connectivity index (χ0v) is 10.8. The summed E-state index contributed by atoms with van der Waals surface area (Å²) in [5, 5.41) is 0. The van der Waals surface area contributed by atoms with Crippen molar-refractivity contribution in [3.05, 3.63) is 0 Å². The number of ether oxygens (including phenoxy) is 3. The van der Waals surface area contributed by atoms with Gasteiger partial charge in [0.1, 0.15) is 0 Å². The maximum Gasteiger partial charge on any atom is 0.311 e. The van der Waals surface area contributed by atoms with Gasteiger partial charge >= 0.3 is 5.97 Å². The minimum atomic E-state index is -0.353. The molecule has 0 amide bonds. The van der Waals surface area contributed by atoms with E-state index in [9.17, 15) is 4.79 Å². The molecule has 100 valence electrons. The fraction of sp³-hybridized carbons (Fsp3) is 0.929. The van der Waals surface area contributed by atoms with Crippen LogP contribution in [0.5, 0.6) is 0 Å². The first-order valence-corrected chi connectivity index (χ1v) is 7.05. The van der Waals surface area contributed by atoms with E-state index in [1.807, 2.05) is 0 Å². The average molecular weight is 252 g/mol. The highest BCUT2D eigenvalue weighted by molar-refractivity contribution is 5.77. The van der Waals surface area contributed by atoms with Crippen molar-refractivity contribution >= 4 is 5.97 Å². The van der Waals surface area contributed by atoms with Crippen molar-refractivity contribution in [1.82, 2.24) is 0 Å². The molecule has 0 radical (unpaired) electrons. The lowest BCUT2D eigenvalue weighted by molar-refractivity contribution is -0.301. The molecule has 1 spiro atoms. The molecule has 5 rings (SSSR count). The Labute approximate surface area is 107 Å². The van der Waals surface area contributed by atoms with Gasteiger partial charge in [-0.15, -0.1) is 0 Å². The van der Waals surface area contributed by atoms with Gasteiger partial charge < -0.3 is 14.2 Å². The van der Waals surface area contributed by atoms with Gasteiger partial charge in [-0.2, -0.15) is 0 Å². The quantitative estimate of drug-likeness (QED) is 0.667. The SMILES string of the molecule is COC(=O)C12CC3C[C@@H](C1)C1(OCCO1)[C@@H](C3)C2. The number of hydrogen-bond donors (Lipinski definition) is 0.